The number of amides is 1. The lowest BCUT2D eigenvalue weighted by atomic mass is 9.92. The number of likely N-dealkylation sites (tertiary alicyclic amines) is 1. The van der Waals surface area contributed by atoms with Crippen LogP contribution in [0.25, 0.3) is 10.9 Å². The normalized spacial score (nSPS) is 21.2. The summed E-state index contributed by atoms with van der Waals surface area (Å²) in [6.45, 7) is 6.16. The highest BCUT2D eigenvalue weighted by Crippen LogP contribution is 2.21. The van der Waals surface area contributed by atoms with Crippen molar-refractivity contribution >= 4 is 16.8 Å². The van der Waals surface area contributed by atoms with Gasteiger partial charge in [-0.05, 0) is 30.4 Å². The number of para-hydroxylation sites is 1. The number of carbonyl (C=O) groups excluding carboxylic acids is 1. The Balaban J connectivity index is 1.80. The summed E-state index contributed by atoms with van der Waals surface area (Å²) in [6.07, 6.45) is 1.41. The minimum atomic E-state index is -0.466. The largest absolute Gasteiger partial charge is 0.342 e. The van der Waals surface area contributed by atoms with Crippen LogP contribution in [0.5, 0.6) is 0 Å². The lowest BCUT2D eigenvalue weighted by Crippen LogP contribution is -2.43. The van der Waals surface area contributed by atoms with E-state index in [1.807, 2.05) is 4.90 Å². The molecule has 2 atom stereocenters. The molecule has 1 fully saturated rings. The summed E-state index contributed by atoms with van der Waals surface area (Å²) in [6, 6.07) is 6.96. The molecular weight excluding hydrogens is 306 g/mol. The SMILES string of the molecule is C[C@H]1C[C@H](C)CN(C(=O)CCn2c(=O)[nH]c(=O)c3ccccc32)C1. The lowest BCUT2D eigenvalue weighted by molar-refractivity contribution is -0.134. The van der Waals surface area contributed by atoms with Gasteiger partial charge < -0.3 is 4.90 Å². The van der Waals surface area contributed by atoms with Gasteiger partial charge in [0.1, 0.15) is 0 Å². The average Bonchev–Trinajstić information content (AvgIpc) is 2.53. The van der Waals surface area contributed by atoms with E-state index in [1.54, 1.807) is 24.3 Å². The molecule has 24 heavy (non-hydrogen) atoms. The molecular formula is C18H23N3O3. The number of benzene rings is 1. The average molecular weight is 329 g/mol. The molecule has 0 saturated carbocycles. The van der Waals surface area contributed by atoms with Gasteiger partial charge in [0.25, 0.3) is 5.56 Å². The van der Waals surface area contributed by atoms with E-state index >= 15 is 0 Å². The molecule has 1 aliphatic heterocycles. The van der Waals surface area contributed by atoms with Gasteiger partial charge in [-0.1, -0.05) is 26.0 Å². The molecule has 0 aliphatic carbocycles. The second-order valence-electron chi connectivity index (χ2n) is 6.92. The van der Waals surface area contributed by atoms with Gasteiger partial charge in [0.2, 0.25) is 5.91 Å². The first-order chi connectivity index (χ1) is 11.5. The Morgan fingerprint density at radius 3 is 2.54 bits per heavy atom. The van der Waals surface area contributed by atoms with E-state index in [9.17, 15) is 14.4 Å². The van der Waals surface area contributed by atoms with Crippen LogP contribution in [-0.2, 0) is 11.3 Å². The second kappa shape index (κ2) is 6.63. The summed E-state index contributed by atoms with van der Waals surface area (Å²) >= 11 is 0. The molecule has 0 bridgehead atoms. The summed E-state index contributed by atoms with van der Waals surface area (Å²) in [5.41, 5.74) is -0.289. The van der Waals surface area contributed by atoms with E-state index in [0.717, 1.165) is 19.5 Å². The van der Waals surface area contributed by atoms with E-state index in [-0.39, 0.29) is 18.9 Å². The molecule has 1 amide bonds. The van der Waals surface area contributed by atoms with E-state index in [0.29, 0.717) is 22.7 Å². The first-order valence-electron chi connectivity index (χ1n) is 8.45. The number of nitrogens with one attached hydrogen (secondary N) is 1. The first kappa shape index (κ1) is 16.5. The summed E-state index contributed by atoms with van der Waals surface area (Å²) < 4.78 is 1.48. The molecule has 1 N–H and O–H groups in total. The van der Waals surface area contributed by atoms with Gasteiger partial charge in [0.05, 0.1) is 10.9 Å². The number of H-pyrrole nitrogens is 1. The minimum Gasteiger partial charge on any atom is -0.342 e. The molecule has 6 heteroatoms. The standard InChI is InChI=1S/C18H23N3O3/c1-12-9-13(2)11-20(10-12)16(22)7-8-21-15-6-4-3-5-14(15)17(23)19-18(21)24/h3-6,12-13H,7-11H2,1-2H3,(H,19,23,24)/t12-,13-/m0/s1. The summed E-state index contributed by atoms with van der Waals surface area (Å²) in [5, 5.41) is 0.463. The molecule has 128 valence electrons. The van der Waals surface area contributed by atoms with Crippen LogP contribution in [0.1, 0.15) is 26.7 Å². The van der Waals surface area contributed by atoms with Gasteiger partial charge in [-0.15, -0.1) is 0 Å². The molecule has 2 heterocycles. The zero-order valence-corrected chi connectivity index (χ0v) is 14.1. The number of fused-ring (bicyclic) bond motifs is 1. The van der Waals surface area contributed by atoms with Crippen LogP contribution in [0.4, 0.5) is 0 Å². The van der Waals surface area contributed by atoms with Gasteiger partial charge in [0, 0.05) is 26.1 Å². The number of rotatable bonds is 3. The Labute approximate surface area is 140 Å². The molecule has 3 rings (SSSR count). The third kappa shape index (κ3) is 3.27. The van der Waals surface area contributed by atoms with E-state index < -0.39 is 11.2 Å². The Hall–Kier alpha value is -2.37. The van der Waals surface area contributed by atoms with Gasteiger partial charge in [0.15, 0.2) is 0 Å². The summed E-state index contributed by atoms with van der Waals surface area (Å²) in [7, 11) is 0. The zero-order valence-electron chi connectivity index (χ0n) is 14.1. The van der Waals surface area contributed by atoms with E-state index in [2.05, 4.69) is 18.8 Å². The lowest BCUT2D eigenvalue weighted by Gasteiger charge is -2.35. The fourth-order valence-corrected chi connectivity index (χ4v) is 3.70. The molecule has 1 saturated heterocycles. The number of aromatic amines is 1. The highest BCUT2D eigenvalue weighted by molar-refractivity contribution is 5.79. The van der Waals surface area contributed by atoms with Crippen molar-refractivity contribution in [2.45, 2.75) is 33.2 Å². The predicted molar refractivity (Wildman–Crippen MR) is 93.0 cm³/mol. The summed E-state index contributed by atoms with van der Waals surface area (Å²) in [5.74, 6) is 1.08. The molecule has 0 radical (unpaired) electrons. The van der Waals surface area contributed by atoms with E-state index in [4.69, 9.17) is 0 Å². The van der Waals surface area contributed by atoms with Crippen molar-refractivity contribution in [1.82, 2.24) is 14.5 Å². The Kier molecular flexibility index (Phi) is 4.55. The van der Waals surface area contributed by atoms with E-state index in [1.165, 1.54) is 4.57 Å². The van der Waals surface area contributed by atoms with Gasteiger partial charge >= 0.3 is 5.69 Å². The molecule has 0 unspecified atom stereocenters. The molecule has 1 aromatic carbocycles. The molecule has 6 nitrogen and oxygen atoms in total. The maximum atomic E-state index is 12.5. The first-order valence-corrected chi connectivity index (χ1v) is 8.45. The molecule has 1 aliphatic rings. The number of aromatic nitrogens is 2. The smallest absolute Gasteiger partial charge is 0.328 e. The molecule has 2 aromatic rings. The maximum absolute atomic E-state index is 12.5. The number of hydrogen-bond donors (Lipinski definition) is 1. The van der Waals surface area contributed by atoms with Crippen LogP contribution < -0.4 is 11.2 Å². The third-order valence-corrected chi connectivity index (χ3v) is 4.68. The fourth-order valence-electron chi connectivity index (χ4n) is 3.70. The van der Waals surface area contributed by atoms with Crippen LogP contribution in [0, 0.1) is 11.8 Å². The van der Waals surface area contributed by atoms with Crippen LogP contribution in [0.15, 0.2) is 33.9 Å². The number of aryl methyl sites for hydroxylation is 1. The van der Waals surface area contributed by atoms with Crippen molar-refractivity contribution in [3.8, 4) is 0 Å². The third-order valence-electron chi connectivity index (χ3n) is 4.68. The summed E-state index contributed by atoms with van der Waals surface area (Å²) in [4.78, 5) is 40.7. The highest BCUT2D eigenvalue weighted by Gasteiger charge is 2.25. The Morgan fingerprint density at radius 2 is 1.83 bits per heavy atom. The zero-order chi connectivity index (χ0) is 17.3. The number of nitrogens with zero attached hydrogens (tertiary/aromatic N) is 2. The van der Waals surface area contributed by atoms with Crippen LogP contribution in [0.2, 0.25) is 0 Å². The Bertz CT molecular complexity index is 858. The monoisotopic (exact) mass is 329 g/mol. The number of carbonyl (C=O) groups is 1. The highest BCUT2D eigenvalue weighted by atomic mass is 16.2. The van der Waals surface area contributed by atoms with Gasteiger partial charge in [-0.25, -0.2) is 4.79 Å². The van der Waals surface area contributed by atoms with Crippen molar-refractivity contribution in [3.63, 3.8) is 0 Å². The minimum absolute atomic E-state index is 0.0654. The fraction of sp³-hybridized carbons (Fsp3) is 0.500. The van der Waals surface area contributed by atoms with Crippen molar-refractivity contribution in [2.24, 2.45) is 11.8 Å². The van der Waals surface area contributed by atoms with Crippen molar-refractivity contribution in [1.29, 1.82) is 0 Å². The van der Waals surface area contributed by atoms with Gasteiger partial charge in [-0.3, -0.25) is 19.1 Å². The van der Waals surface area contributed by atoms with Crippen molar-refractivity contribution < 1.29 is 4.79 Å². The topological polar surface area (TPSA) is 75.2 Å². The number of hydrogen-bond acceptors (Lipinski definition) is 3. The van der Waals surface area contributed by atoms with Crippen molar-refractivity contribution in [3.05, 3.63) is 45.1 Å². The van der Waals surface area contributed by atoms with Crippen molar-refractivity contribution in [2.75, 3.05) is 13.1 Å². The van der Waals surface area contributed by atoms with Crippen LogP contribution >= 0.6 is 0 Å². The predicted octanol–water partition coefficient (Wildman–Crippen LogP) is 1.58. The Morgan fingerprint density at radius 1 is 1.17 bits per heavy atom. The maximum Gasteiger partial charge on any atom is 0.328 e. The van der Waals surface area contributed by atoms with Crippen LogP contribution in [-0.4, -0.2) is 33.4 Å². The molecule has 1 aromatic heterocycles. The second-order valence-corrected chi connectivity index (χ2v) is 6.92. The van der Waals surface area contributed by atoms with Gasteiger partial charge in [-0.2, -0.15) is 0 Å². The quantitative estimate of drug-likeness (QED) is 0.929. The molecule has 0 spiro atoms. The van der Waals surface area contributed by atoms with Crippen LogP contribution in [0.3, 0.4) is 0 Å². The number of piperidine rings is 1.